The van der Waals surface area contributed by atoms with Crippen molar-refractivity contribution in [2.45, 2.75) is 26.9 Å². The molecule has 2 rings (SSSR count). The number of aryl methyl sites for hydroxylation is 1. The number of rotatable bonds is 4. The quantitative estimate of drug-likeness (QED) is 0.885. The van der Waals surface area contributed by atoms with Crippen molar-refractivity contribution in [3.8, 4) is 11.3 Å². The molecule has 1 amide bonds. The van der Waals surface area contributed by atoms with Crippen LogP contribution in [0, 0.1) is 6.92 Å². The minimum atomic E-state index is -0.112. The van der Waals surface area contributed by atoms with Crippen molar-refractivity contribution < 1.29 is 14.4 Å². The van der Waals surface area contributed by atoms with Gasteiger partial charge in [0.25, 0.3) is 0 Å². The minimum absolute atomic E-state index is 0.0268. The normalized spacial score (nSPS) is 10.5. The summed E-state index contributed by atoms with van der Waals surface area (Å²) in [6.07, 6.45) is 0.443. The molecule has 5 heteroatoms. The molecule has 5 nitrogen and oxygen atoms in total. The van der Waals surface area contributed by atoms with E-state index in [9.17, 15) is 9.90 Å². The number of aromatic nitrogens is 1. The second kappa shape index (κ2) is 5.67. The summed E-state index contributed by atoms with van der Waals surface area (Å²) < 4.78 is 5.07. The predicted octanol–water partition coefficient (Wildman–Crippen LogP) is 2.49. The Morgan fingerprint density at radius 2 is 2.05 bits per heavy atom. The van der Waals surface area contributed by atoms with Gasteiger partial charge in [-0.2, -0.15) is 0 Å². The lowest BCUT2D eigenvalue weighted by Gasteiger charge is -2.04. The zero-order valence-electron chi connectivity index (χ0n) is 10.9. The van der Waals surface area contributed by atoms with Crippen LogP contribution in [0.2, 0.25) is 0 Å². The summed E-state index contributed by atoms with van der Waals surface area (Å²) in [5.41, 5.74) is 2.90. The van der Waals surface area contributed by atoms with Gasteiger partial charge in [0, 0.05) is 23.2 Å². The van der Waals surface area contributed by atoms with Crippen LogP contribution in [0.1, 0.15) is 24.7 Å². The average molecular weight is 260 g/mol. The van der Waals surface area contributed by atoms with E-state index in [2.05, 4.69) is 10.5 Å². The second-order valence-electron chi connectivity index (χ2n) is 4.20. The Bertz CT molecular complexity index is 573. The van der Waals surface area contributed by atoms with Crippen LogP contribution >= 0.6 is 0 Å². The molecule has 0 fully saturated rings. The number of nitrogens with one attached hydrogen (secondary N) is 1. The Morgan fingerprint density at radius 1 is 1.37 bits per heavy atom. The number of benzene rings is 1. The molecular formula is C14H16N2O3. The fourth-order valence-electron chi connectivity index (χ4n) is 1.76. The molecule has 1 aromatic carbocycles. The van der Waals surface area contributed by atoms with Gasteiger partial charge in [0.15, 0.2) is 0 Å². The lowest BCUT2D eigenvalue weighted by Crippen LogP contribution is -2.09. The van der Waals surface area contributed by atoms with Crippen LogP contribution in [0.15, 0.2) is 28.8 Å². The first-order valence-corrected chi connectivity index (χ1v) is 6.12. The number of carbonyl (C=O) groups excluding carboxylic acids is 1. The predicted molar refractivity (Wildman–Crippen MR) is 71.5 cm³/mol. The van der Waals surface area contributed by atoms with Crippen molar-refractivity contribution in [3.05, 3.63) is 35.6 Å². The van der Waals surface area contributed by atoms with E-state index < -0.39 is 0 Å². The summed E-state index contributed by atoms with van der Waals surface area (Å²) in [4.78, 5) is 11.3. The maximum absolute atomic E-state index is 11.3. The molecular weight excluding hydrogens is 244 g/mol. The monoisotopic (exact) mass is 260 g/mol. The zero-order chi connectivity index (χ0) is 13.8. The molecule has 2 N–H and O–H groups in total. The minimum Gasteiger partial charge on any atom is -0.391 e. The van der Waals surface area contributed by atoms with E-state index in [1.165, 1.54) is 0 Å². The lowest BCUT2D eigenvalue weighted by molar-refractivity contribution is -0.115. The Hall–Kier alpha value is -2.14. The van der Waals surface area contributed by atoms with Gasteiger partial charge < -0.3 is 14.9 Å². The standard InChI is InChI=1S/C14H16N2O3/c1-3-13(18)15-11-6-4-10(5-7-11)14-12(8-17)9(2)19-16-14/h4-7,17H,3,8H2,1-2H3,(H,15,18). The number of aliphatic hydroxyl groups excluding tert-OH is 1. The van der Waals surface area contributed by atoms with E-state index in [0.717, 1.165) is 11.3 Å². The van der Waals surface area contributed by atoms with Gasteiger partial charge in [-0.25, -0.2) is 0 Å². The van der Waals surface area contributed by atoms with E-state index in [-0.39, 0.29) is 12.5 Å². The van der Waals surface area contributed by atoms with Crippen LogP contribution in [0.25, 0.3) is 11.3 Å². The highest BCUT2D eigenvalue weighted by atomic mass is 16.5. The van der Waals surface area contributed by atoms with Crippen LogP contribution in [-0.2, 0) is 11.4 Å². The molecule has 0 saturated heterocycles. The number of carbonyl (C=O) groups is 1. The molecule has 0 aliphatic carbocycles. The van der Waals surface area contributed by atoms with Crippen molar-refractivity contribution in [1.82, 2.24) is 5.16 Å². The number of anilines is 1. The van der Waals surface area contributed by atoms with Crippen molar-refractivity contribution in [2.75, 3.05) is 5.32 Å². The fourth-order valence-corrected chi connectivity index (χ4v) is 1.76. The first-order chi connectivity index (χ1) is 9.15. The first-order valence-electron chi connectivity index (χ1n) is 6.12. The molecule has 1 heterocycles. The number of hydrogen-bond donors (Lipinski definition) is 2. The SMILES string of the molecule is CCC(=O)Nc1ccc(-c2noc(C)c2CO)cc1. The van der Waals surface area contributed by atoms with Gasteiger partial charge in [0.05, 0.1) is 6.61 Å². The third kappa shape index (κ3) is 2.82. The Morgan fingerprint density at radius 3 is 2.63 bits per heavy atom. The highest BCUT2D eigenvalue weighted by molar-refractivity contribution is 5.90. The Labute approximate surface area is 111 Å². The first kappa shape index (κ1) is 13.3. The summed E-state index contributed by atoms with van der Waals surface area (Å²) >= 11 is 0. The van der Waals surface area contributed by atoms with Crippen LogP contribution in [0.4, 0.5) is 5.69 Å². The van der Waals surface area contributed by atoms with Gasteiger partial charge in [0.1, 0.15) is 11.5 Å². The van der Waals surface area contributed by atoms with Crippen LogP contribution < -0.4 is 5.32 Å². The summed E-state index contributed by atoms with van der Waals surface area (Å²) in [6, 6.07) is 7.27. The largest absolute Gasteiger partial charge is 0.391 e. The molecule has 0 radical (unpaired) electrons. The van der Waals surface area contributed by atoms with Gasteiger partial charge in [-0.05, 0) is 19.1 Å². The van der Waals surface area contributed by atoms with E-state index >= 15 is 0 Å². The molecule has 2 aromatic rings. The highest BCUT2D eigenvalue weighted by Crippen LogP contribution is 2.26. The fraction of sp³-hybridized carbons (Fsp3) is 0.286. The number of amides is 1. The van der Waals surface area contributed by atoms with Crippen molar-refractivity contribution in [1.29, 1.82) is 0 Å². The maximum atomic E-state index is 11.3. The smallest absolute Gasteiger partial charge is 0.224 e. The van der Waals surface area contributed by atoms with Gasteiger partial charge in [-0.1, -0.05) is 24.2 Å². The average Bonchev–Trinajstić information content (AvgIpc) is 2.80. The van der Waals surface area contributed by atoms with E-state index in [0.29, 0.717) is 23.4 Å². The van der Waals surface area contributed by atoms with Crippen molar-refractivity contribution in [3.63, 3.8) is 0 Å². The third-order valence-electron chi connectivity index (χ3n) is 2.91. The molecule has 0 saturated carbocycles. The molecule has 1 aromatic heterocycles. The Kier molecular flexibility index (Phi) is 3.97. The molecule has 0 unspecified atom stereocenters. The summed E-state index contributed by atoms with van der Waals surface area (Å²) in [7, 11) is 0. The molecule has 100 valence electrons. The van der Waals surface area contributed by atoms with Crippen molar-refractivity contribution >= 4 is 11.6 Å². The third-order valence-corrected chi connectivity index (χ3v) is 2.91. The number of nitrogens with zero attached hydrogens (tertiary/aromatic N) is 1. The summed E-state index contributed by atoms with van der Waals surface area (Å²) in [6.45, 7) is 3.45. The molecule has 0 aliphatic rings. The summed E-state index contributed by atoms with van der Waals surface area (Å²) in [5, 5.41) is 16.0. The molecule has 0 aliphatic heterocycles. The number of aliphatic hydroxyl groups is 1. The van der Waals surface area contributed by atoms with Crippen LogP contribution in [0.5, 0.6) is 0 Å². The van der Waals surface area contributed by atoms with E-state index in [1.54, 1.807) is 26.0 Å². The van der Waals surface area contributed by atoms with Crippen molar-refractivity contribution in [2.24, 2.45) is 0 Å². The molecule has 0 bridgehead atoms. The van der Waals surface area contributed by atoms with E-state index in [4.69, 9.17) is 4.52 Å². The van der Waals surface area contributed by atoms with Gasteiger partial charge in [-0.3, -0.25) is 4.79 Å². The molecule has 0 atom stereocenters. The number of hydrogen-bond acceptors (Lipinski definition) is 4. The summed E-state index contributed by atoms with van der Waals surface area (Å²) in [5.74, 6) is 0.585. The maximum Gasteiger partial charge on any atom is 0.224 e. The van der Waals surface area contributed by atoms with Gasteiger partial charge >= 0.3 is 0 Å². The van der Waals surface area contributed by atoms with Crippen LogP contribution in [0.3, 0.4) is 0 Å². The topological polar surface area (TPSA) is 75.4 Å². The highest BCUT2D eigenvalue weighted by Gasteiger charge is 2.13. The van der Waals surface area contributed by atoms with Crippen LogP contribution in [-0.4, -0.2) is 16.2 Å². The second-order valence-corrected chi connectivity index (χ2v) is 4.20. The molecule has 0 spiro atoms. The van der Waals surface area contributed by atoms with E-state index in [1.807, 2.05) is 12.1 Å². The van der Waals surface area contributed by atoms with Gasteiger partial charge in [0.2, 0.25) is 5.91 Å². The lowest BCUT2D eigenvalue weighted by atomic mass is 10.1. The Balaban J connectivity index is 2.25. The zero-order valence-corrected chi connectivity index (χ0v) is 10.9. The van der Waals surface area contributed by atoms with Gasteiger partial charge in [-0.15, -0.1) is 0 Å². The molecule has 19 heavy (non-hydrogen) atoms.